The van der Waals surface area contributed by atoms with Gasteiger partial charge in [0.1, 0.15) is 5.82 Å². The maximum Gasteiger partial charge on any atom is 0.138 e. The van der Waals surface area contributed by atoms with Gasteiger partial charge < -0.3 is 5.32 Å². The average Bonchev–Trinajstić information content (AvgIpc) is 2.45. The number of benzene rings is 1. The zero-order valence-corrected chi connectivity index (χ0v) is 14.1. The van der Waals surface area contributed by atoms with Crippen molar-refractivity contribution in [2.75, 3.05) is 6.54 Å². The first-order valence-electron chi connectivity index (χ1n) is 7.04. The second kappa shape index (κ2) is 7.78. The lowest BCUT2D eigenvalue weighted by atomic mass is 10.1. The Hall–Kier alpha value is -1.10. The van der Waals surface area contributed by atoms with Crippen LogP contribution in [0.25, 0.3) is 0 Å². The Morgan fingerprint density at radius 3 is 2.86 bits per heavy atom. The van der Waals surface area contributed by atoms with Gasteiger partial charge in [0, 0.05) is 33.4 Å². The fourth-order valence-electron chi connectivity index (χ4n) is 2.14. The van der Waals surface area contributed by atoms with Gasteiger partial charge in [0.2, 0.25) is 0 Å². The summed E-state index contributed by atoms with van der Waals surface area (Å²) in [5.74, 6) is 1.60. The summed E-state index contributed by atoms with van der Waals surface area (Å²) < 4.78 is 0. The molecule has 0 radical (unpaired) electrons. The van der Waals surface area contributed by atoms with E-state index in [1.165, 1.54) is 0 Å². The van der Waals surface area contributed by atoms with Gasteiger partial charge in [-0.1, -0.05) is 24.6 Å². The zero-order valence-electron chi connectivity index (χ0n) is 12.6. The van der Waals surface area contributed by atoms with Crippen LogP contribution in [0.5, 0.6) is 0 Å². The summed E-state index contributed by atoms with van der Waals surface area (Å²) in [6.45, 7) is 7.21. The van der Waals surface area contributed by atoms with Gasteiger partial charge in [-0.25, -0.2) is 9.97 Å². The van der Waals surface area contributed by atoms with Gasteiger partial charge in [0.05, 0.1) is 5.75 Å². The van der Waals surface area contributed by atoms with Crippen molar-refractivity contribution in [2.24, 2.45) is 0 Å². The van der Waals surface area contributed by atoms with Crippen LogP contribution in [0.4, 0.5) is 0 Å². The maximum atomic E-state index is 5.99. The molecule has 5 heteroatoms. The highest BCUT2D eigenvalue weighted by molar-refractivity contribution is 7.98. The quantitative estimate of drug-likeness (QED) is 0.800. The van der Waals surface area contributed by atoms with Crippen molar-refractivity contribution in [3.05, 3.63) is 52.6 Å². The van der Waals surface area contributed by atoms with E-state index >= 15 is 0 Å². The summed E-state index contributed by atoms with van der Waals surface area (Å²) in [6.07, 6.45) is 1.93. The number of rotatable bonds is 6. The summed E-state index contributed by atoms with van der Waals surface area (Å²) >= 11 is 7.68. The Kier molecular flexibility index (Phi) is 6.03. The summed E-state index contributed by atoms with van der Waals surface area (Å²) in [4.78, 5) is 10.2. The van der Waals surface area contributed by atoms with E-state index in [1.807, 2.05) is 37.4 Å². The molecule has 1 aromatic heterocycles. The normalized spacial score (nSPS) is 12.4. The van der Waals surface area contributed by atoms with Gasteiger partial charge in [0.25, 0.3) is 0 Å². The molecule has 0 saturated carbocycles. The summed E-state index contributed by atoms with van der Waals surface area (Å²) in [5.41, 5.74) is 2.20. The lowest BCUT2D eigenvalue weighted by Gasteiger charge is -2.14. The fraction of sp³-hybridized carbons (Fsp3) is 0.375. The number of hydrogen-bond donors (Lipinski definition) is 1. The van der Waals surface area contributed by atoms with E-state index in [1.54, 1.807) is 11.8 Å². The van der Waals surface area contributed by atoms with E-state index in [-0.39, 0.29) is 6.04 Å². The van der Waals surface area contributed by atoms with Gasteiger partial charge in [0.15, 0.2) is 0 Å². The van der Waals surface area contributed by atoms with E-state index in [0.717, 1.165) is 39.3 Å². The lowest BCUT2D eigenvalue weighted by Crippen LogP contribution is -2.19. The smallest absolute Gasteiger partial charge is 0.138 e. The lowest BCUT2D eigenvalue weighted by molar-refractivity contribution is 0.589. The van der Waals surface area contributed by atoms with Crippen LogP contribution in [0.2, 0.25) is 5.02 Å². The van der Waals surface area contributed by atoms with Crippen LogP contribution < -0.4 is 5.32 Å². The summed E-state index contributed by atoms with van der Waals surface area (Å²) in [7, 11) is 0. The van der Waals surface area contributed by atoms with Crippen molar-refractivity contribution in [1.29, 1.82) is 0 Å². The number of aromatic nitrogens is 2. The minimum atomic E-state index is 0.282. The van der Waals surface area contributed by atoms with Crippen LogP contribution in [0.1, 0.15) is 37.0 Å². The molecular weight excluding hydrogens is 302 g/mol. The van der Waals surface area contributed by atoms with Crippen molar-refractivity contribution in [3.63, 3.8) is 0 Å². The van der Waals surface area contributed by atoms with Crippen molar-refractivity contribution in [3.8, 4) is 0 Å². The molecule has 2 rings (SSSR count). The topological polar surface area (TPSA) is 37.8 Å². The van der Waals surface area contributed by atoms with Crippen molar-refractivity contribution in [1.82, 2.24) is 15.3 Å². The third-order valence-corrected chi connectivity index (χ3v) is 4.43. The van der Waals surface area contributed by atoms with E-state index in [4.69, 9.17) is 11.6 Å². The first-order valence-corrected chi connectivity index (χ1v) is 8.40. The number of hydrogen-bond acceptors (Lipinski definition) is 4. The molecule has 0 fully saturated rings. The molecule has 0 saturated heterocycles. The largest absolute Gasteiger partial charge is 0.310 e. The zero-order chi connectivity index (χ0) is 15.2. The highest BCUT2D eigenvalue weighted by Gasteiger charge is 2.10. The molecule has 0 amide bonds. The second-order valence-corrected chi connectivity index (χ2v) is 6.34. The molecule has 21 heavy (non-hydrogen) atoms. The fourth-order valence-corrected chi connectivity index (χ4v) is 3.21. The molecule has 2 aromatic rings. The Labute approximate surface area is 135 Å². The molecule has 0 aliphatic rings. The average molecular weight is 322 g/mol. The third kappa shape index (κ3) is 4.70. The molecule has 1 heterocycles. The van der Waals surface area contributed by atoms with Crippen LogP contribution in [0.15, 0.2) is 35.4 Å². The molecule has 112 valence electrons. The van der Waals surface area contributed by atoms with Crippen LogP contribution in [0.3, 0.4) is 0 Å². The number of nitrogens with one attached hydrogen (secondary N) is 1. The highest BCUT2D eigenvalue weighted by Crippen LogP contribution is 2.24. The molecule has 0 aliphatic carbocycles. The van der Waals surface area contributed by atoms with Gasteiger partial charge in [-0.2, -0.15) is 0 Å². The molecule has 1 unspecified atom stereocenters. The molecule has 1 N–H and O–H groups in total. The monoisotopic (exact) mass is 321 g/mol. The minimum absolute atomic E-state index is 0.282. The highest BCUT2D eigenvalue weighted by atomic mass is 35.5. The van der Waals surface area contributed by atoms with Gasteiger partial charge >= 0.3 is 0 Å². The number of halogens is 1. The number of nitrogens with zero attached hydrogens (tertiary/aromatic N) is 2. The molecule has 1 aromatic carbocycles. The molecule has 3 nitrogen and oxygen atoms in total. The maximum absolute atomic E-state index is 5.99. The minimum Gasteiger partial charge on any atom is -0.310 e. The Morgan fingerprint density at radius 2 is 2.19 bits per heavy atom. The Balaban J connectivity index is 2.03. The summed E-state index contributed by atoms with van der Waals surface area (Å²) in [5, 5.41) is 4.14. The van der Waals surface area contributed by atoms with E-state index in [9.17, 15) is 0 Å². The first kappa shape index (κ1) is 16.3. The molecule has 0 spiro atoms. The SMILES string of the molecule is CCNC(C)c1cnc(CSc2cccc(Cl)c2)nc1C. The first-order chi connectivity index (χ1) is 10.1. The Bertz CT molecular complexity index is 604. The molecular formula is C16H20ClN3S. The van der Waals surface area contributed by atoms with E-state index in [0.29, 0.717) is 0 Å². The second-order valence-electron chi connectivity index (χ2n) is 4.85. The van der Waals surface area contributed by atoms with Crippen molar-refractivity contribution >= 4 is 23.4 Å². The van der Waals surface area contributed by atoms with Crippen LogP contribution in [-0.4, -0.2) is 16.5 Å². The van der Waals surface area contributed by atoms with E-state index in [2.05, 4.69) is 29.1 Å². The van der Waals surface area contributed by atoms with Crippen LogP contribution >= 0.6 is 23.4 Å². The van der Waals surface area contributed by atoms with Crippen molar-refractivity contribution in [2.45, 2.75) is 37.5 Å². The van der Waals surface area contributed by atoms with Crippen LogP contribution in [0, 0.1) is 6.92 Å². The van der Waals surface area contributed by atoms with Crippen LogP contribution in [-0.2, 0) is 5.75 Å². The summed E-state index contributed by atoms with van der Waals surface area (Å²) in [6, 6.07) is 8.12. The standard InChI is InChI=1S/C16H20ClN3S/c1-4-18-11(2)15-9-19-16(20-12(15)3)10-21-14-7-5-6-13(17)8-14/h5-9,11,18H,4,10H2,1-3H3. The Morgan fingerprint density at radius 1 is 1.38 bits per heavy atom. The van der Waals surface area contributed by atoms with Crippen molar-refractivity contribution < 1.29 is 0 Å². The van der Waals surface area contributed by atoms with E-state index < -0.39 is 0 Å². The third-order valence-electron chi connectivity index (χ3n) is 3.21. The molecule has 1 atom stereocenters. The predicted molar refractivity (Wildman–Crippen MR) is 89.9 cm³/mol. The van der Waals surface area contributed by atoms with Gasteiger partial charge in [-0.05, 0) is 38.6 Å². The number of thioether (sulfide) groups is 1. The molecule has 0 bridgehead atoms. The number of aryl methyl sites for hydroxylation is 1. The van der Waals surface area contributed by atoms with Gasteiger partial charge in [-0.15, -0.1) is 11.8 Å². The predicted octanol–water partition coefficient (Wildman–Crippen LogP) is 4.40. The molecule has 0 aliphatic heterocycles. The van der Waals surface area contributed by atoms with Gasteiger partial charge in [-0.3, -0.25) is 0 Å².